The van der Waals surface area contributed by atoms with Crippen LogP contribution in [0.25, 0.3) is 11.1 Å². The first-order valence-electron chi connectivity index (χ1n) is 12.6. The minimum absolute atomic E-state index is 0.0603. The van der Waals surface area contributed by atoms with Crippen molar-refractivity contribution in [2.75, 3.05) is 13.2 Å². The number of alkyl carbamates (subject to hydrolysis) is 1. The van der Waals surface area contributed by atoms with Gasteiger partial charge in [0.1, 0.15) is 12.4 Å². The second-order valence-electron chi connectivity index (χ2n) is 9.10. The van der Waals surface area contributed by atoms with Crippen LogP contribution < -0.4 is 10.1 Å². The highest BCUT2D eigenvalue weighted by Gasteiger charge is 2.29. The van der Waals surface area contributed by atoms with Gasteiger partial charge in [0.15, 0.2) is 0 Å². The van der Waals surface area contributed by atoms with E-state index in [-0.39, 0.29) is 18.9 Å². The summed E-state index contributed by atoms with van der Waals surface area (Å²) in [6.07, 6.45) is 3.62. The zero-order valence-corrected chi connectivity index (χ0v) is 20.6. The first-order valence-corrected chi connectivity index (χ1v) is 12.6. The van der Waals surface area contributed by atoms with E-state index in [1.807, 2.05) is 36.4 Å². The lowest BCUT2D eigenvalue weighted by Crippen LogP contribution is -2.31. The molecule has 6 nitrogen and oxygen atoms in total. The maximum absolute atomic E-state index is 12.7. The van der Waals surface area contributed by atoms with Crippen molar-refractivity contribution in [3.8, 4) is 16.9 Å². The Morgan fingerprint density at radius 3 is 2.14 bits per heavy atom. The van der Waals surface area contributed by atoms with Crippen molar-refractivity contribution in [1.29, 1.82) is 0 Å². The number of fused-ring (bicyclic) bond motifs is 3. The summed E-state index contributed by atoms with van der Waals surface area (Å²) in [4.78, 5) is 24.2. The van der Waals surface area contributed by atoms with Crippen molar-refractivity contribution >= 4 is 12.1 Å². The number of carboxylic acids is 1. The van der Waals surface area contributed by atoms with E-state index >= 15 is 0 Å². The van der Waals surface area contributed by atoms with Crippen LogP contribution in [-0.4, -0.2) is 30.4 Å². The van der Waals surface area contributed by atoms with E-state index in [9.17, 15) is 14.7 Å². The average Bonchev–Trinajstić information content (AvgIpc) is 3.21. The molecule has 4 rings (SSSR count). The van der Waals surface area contributed by atoms with Crippen LogP contribution in [-0.2, 0) is 9.53 Å². The largest absolute Gasteiger partial charge is 0.494 e. The van der Waals surface area contributed by atoms with E-state index in [4.69, 9.17) is 9.47 Å². The summed E-state index contributed by atoms with van der Waals surface area (Å²) in [6, 6.07) is 22.7. The normalized spacial score (nSPS) is 12.9. The van der Waals surface area contributed by atoms with E-state index in [2.05, 4.69) is 36.5 Å². The van der Waals surface area contributed by atoms with Gasteiger partial charge in [0.25, 0.3) is 0 Å². The molecule has 188 valence electrons. The standard InChI is InChI=1S/C30H33NO5/c1-2-3-4-9-18-35-22-16-14-21(15-17-22)28(19-29(32)33)31-30(34)36-20-27-25-12-7-5-10-23(25)24-11-6-8-13-26(24)27/h5-8,10-17,27-28H,2-4,9,18-20H2,1H3,(H,31,34)(H,32,33). The molecule has 1 amide bonds. The van der Waals surface area contributed by atoms with Gasteiger partial charge in [0.2, 0.25) is 0 Å². The van der Waals surface area contributed by atoms with Gasteiger partial charge in [-0.3, -0.25) is 4.79 Å². The number of carboxylic acid groups (broad SMARTS) is 1. The molecule has 1 atom stereocenters. The van der Waals surface area contributed by atoms with Crippen molar-refractivity contribution in [3.05, 3.63) is 89.5 Å². The lowest BCUT2D eigenvalue weighted by Gasteiger charge is -2.19. The fraction of sp³-hybridized carbons (Fsp3) is 0.333. The number of carbonyl (C=O) groups excluding carboxylic acids is 1. The third-order valence-corrected chi connectivity index (χ3v) is 6.56. The molecule has 36 heavy (non-hydrogen) atoms. The van der Waals surface area contributed by atoms with E-state index < -0.39 is 18.1 Å². The van der Waals surface area contributed by atoms with Crippen LogP contribution in [0.3, 0.4) is 0 Å². The molecule has 1 aliphatic rings. The Balaban J connectivity index is 1.37. The van der Waals surface area contributed by atoms with Crippen molar-refractivity contribution in [2.45, 2.75) is 51.0 Å². The maximum atomic E-state index is 12.7. The fourth-order valence-electron chi connectivity index (χ4n) is 4.72. The Bertz CT molecular complexity index is 1130. The molecule has 3 aromatic rings. The van der Waals surface area contributed by atoms with Gasteiger partial charge in [-0.05, 0) is 46.4 Å². The molecule has 2 N–H and O–H groups in total. The van der Waals surface area contributed by atoms with Crippen molar-refractivity contribution < 1.29 is 24.2 Å². The summed E-state index contributed by atoms with van der Waals surface area (Å²) in [6.45, 7) is 2.99. The maximum Gasteiger partial charge on any atom is 0.407 e. The van der Waals surface area contributed by atoms with Crippen LogP contribution in [0.5, 0.6) is 5.75 Å². The van der Waals surface area contributed by atoms with Crippen LogP contribution in [0.2, 0.25) is 0 Å². The number of carbonyl (C=O) groups is 2. The van der Waals surface area contributed by atoms with Gasteiger partial charge in [-0.2, -0.15) is 0 Å². The van der Waals surface area contributed by atoms with E-state index in [0.29, 0.717) is 12.2 Å². The molecular formula is C30H33NO5. The quantitative estimate of drug-likeness (QED) is 0.278. The number of rotatable bonds is 12. The predicted octanol–water partition coefficient (Wildman–Crippen LogP) is 6.70. The number of hydrogen-bond acceptors (Lipinski definition) is 4. The third-order valence-electron chi connectivity index (χ3n) is 6.56. The fourth-order valence-corrected chi connectivity index (χ4v) is 4.72. The second-order valence-corrected chi connectivity index (χ2v) is 9.10. The number of unbranched alkanes of at least 4 members (excludes halogenated alkanes) is 3. The molecular weight excluding hydrogens is 454 g/mol. The molecule has 0 radical (unpaired) electrons. The van der Waals surface area contributed by atoms with Crippen molar-refractivity contribution in [1.82, 2.24) is 5.32 Å². The molecule has 3 aromatic carbocycles. The zero-order chi connectivity index (χ0) is 25.3. The molecule has 0 aliphatic heterocycles. The monoisotopic (exact) mass is 487 g/mol. The van der Waals surface area contributed by atoms with Gasteiger partial charge in [-0.25, -0.2) is 4.79 Å². The lowest BCUT2D eigenvalue weighted by atomic mass is 9.98. The Kier molecular flexibility index (Phi) is 8.61. The SMILES string of the molecule is CCCCCCOc1ccc(C(CC(=O)O)NC(=O)OCC2c3ccccc3-c3ccccc32)cc1. The lowest BCUT2D eigenvalue weighted by molar-refractivity contribution is -0.137. The molecule has 0 bridgehead atoms. The molecule has 0 heterocycles. The number of nitrogens with one attached hydrogen (secondary N) is 1. The first kappa shape index (κ1) is 25.3. The number of hydrogen-bond donors (Lipinski definition) is 2. The van der Waals surface area contributed by atoms with Crippen LogP contribution in [0.15, 0.2) is 72.8 Å². The topological polar surface area (TPSA) is 84.9 Å². The smallest absolute Gasteiger partial charge is 0.407 e. The minimum Gasteiger partial charge on any atom is -0.494 e. The summed E-state index contributed by atoms with van der Waals surface area (Å²) in [7, 11) is 0. The van der Waals surface area contributed by atoms with Crippen molar-refractivity contribution in [3.63, 3.8) is 0 Å². The highest BCUT2D eigenvalue weighted by Crippen LogP contribution is 2.44. The molecule has 1 aliphatic carbocycles. The number of amides is 1. The first-order chi connectivity index (χ1) is 17.6. The average molecular weight is 488 g/mol. The summed E-state index contributed by atoms with van der Waals surface area (Å²) in [5.41, 5.74) is 5.24. The third kappa shape index (κ3) is 6.25. The summed E-state index contributed by atoms with van der Waals surface area (Å²) >= 11 is 0. The minimum atomic E-state index is -1.00. The Labute approximate surface area is 212 Å². The van der Waals surface area contributed by atoms with Crippen LogP contribution in [0, 0.1) is 0 Å². The molecule has 0 spiro atoms. The highest BCUT2D eigenvalue weighted by atomic mass is 16.5. The number of benzene rings is 3. The molecule has 1 unspecified atom stereocenters. The Morgan fingerprint density at radius 1 is 0.889 bits per heavy atom. The van der Waals surface area contributed by atoms with Crippen molar-refractivity contribution in [2.24, 2.45) is 0 Å². The highest BCUT2D eigenvalue weighted by molar-refractivity contribution is 5.79. The summed E-state index contributed by atoms with van der Waals surface area (Å²) in [5, 5.41) is 12.1. The summed E-state index contributed by atoms with van der Waals surface area (Å²) < 4.78 is 11.4. The molecule has 0 saturated carbocycles. The predicted molar refractivity (Wildman–Crippen MR) is 139 cm³/mol. The van der Waals surface area contributed by atoms with E-state index in [1.165, 1.54) is 12.8 Å². The van der Waals surface area contributed by atoms with Gasteiger partial charge in [-0.15, -0.1) is 0 Å². The Hall–Kier alpha value is -3.80. The second kappa shape index (κ2) is 12.2. The van der Waals surface area contributed by atoms with E-state index in [0.717, 1.165) is 40.8 Å². The zero-order valence-electron chi connectivity index (χ0n) is 20.6. The molecule has 0 aromatic heterocycles. The van der Waals surface area contributed by atoms with Gasteiger partial charge < -0.3 is 19.9 Å². The molecule has 0 saturated heterocycles. The van der Waals surface area contributed by atoms with Crippen LogP contribution in [0.4, 0.5) is 4.79 Å². The van der Waals surface area contributed by atoms with Gasteiger partial charge in [0, 0.05) is 5.92 Å². The van der Waals surface area contributed by atoms with Gasteiger partial charge in [-0.1, -0.05) is 86.8 Å². The number of ether oxygens (including phenoxy) is 2. The summed E-state index contributed by atoms with van der Waals surface area (Å²) in [5.74, 6) is -0.338. The molecule has 0 fully saturated rings. The van der Waals surface area contributed by atoms with E-state index in [1.54, 1.807) is 12.1 Å². The Morgan fingerprint density at radius 2 is 1.53 bits per heavy atom. The van der Waals surface area contributed by atoms with Gasteiger partial charge in [0.05, 0.1) is 19.1 Å². The molecule has 6 heteroatoms. The number of aliphatic carboxylic acids is 1. The van der Waals surface area contributed by atoms with Gasteiger partial charge >= 0.3 is 12.1 Å². The van der Waals surface area contributed by atoms with Crippen LogP contribution >= 0.6 is 0 Å². The van der Waals surface area contributed by atoms with Crippen LogP contribution in [0.1, 0.15) is 67.7 Å².